The van der Waals surface area contributed by atoms with Gasteiger partial charge < -0.3 is 9.63 Å². The molecule has 1 N–H and O–H groups in total. The second-order valence-electron chi connectivity index (χ2n) is 4.08. The van der Waals surface area contributed by atoms with E-state index in [2.05, 4.69) is 10.1 Å². The normalized spacial score (nSPS) is 11.0. The molecule has 0 radical (unpaired) electrons. The number of hydrogen-bond acceptors (Lipinski definition) is 7. The maximum Gasteiger partial charge on any atom is 0.313 e. The fourth-order valence-corrected chi connectivity index (χ4v) is 3.28. The number of thioether (sulfide) groups is 1. The molecule has 108 valence electrons. The third-order valence-electron chi connectivity index (χ3n) is 2.66. The SMILES string of the molecule is O=C(O)CSc1nc2ccsc2c(=O)n1Cc1ccno1. The first-order valence-corrected chi connectivity index (χ1v) is 7.74. The summed E-state index contributed by atoms with van der Waals surface area (Å²) in [6.07, 6.45) is 1.49. The number of aromatic nitrogens is 3. The van der Waals surface area contributed by atoms with Crippen molar-refractivity contribution in [2.75, 3.05) is 5.75 Å². The van der Waals surface area contributed by atoms with E-state index in [1.54, 1.807) is 17.5 Å². The minimum Gasteiger partial charge on any atom is -0.481 e. The maximum atomic E-state index is 12.5. The summed E-state index contributed by atoms with van der Waals surface area (Å²) in [5, 5.41) is 14.5. The Kier molecular flexibility index (Phi) is 3.76. The molecule has 0 amide bonds. The van der Waals surface area contributed by atoms with Crippen LogP contribution in [0.25, 0.3) is 10.2 Å². The molecule has 0 aromatic carbocycles. The molecule has 0 saturated heterocycles. The van der Waals surface area contributed by atoms with Crippen molar-refractivity contribution < 1.29 is 14.4 Å². The molecule has 0 spiro atoms. The molecule has 9 heteroatoms. The number of fused-ring (bicyclic) bond motifs is 1. The first-order chi connectivity index (χ1) is 10.1. The average Bonchev–Trinajstić information content (AvgIpc) is 3.11. The van der Waals surface area contributed by atoms with Crippen molar-refractivity contribution in [3.63, 3.8) is 0 Å². The zero-order valence-corrected chi connectivity index (χ0v) is 12.2. The van der Waals surface area contributed by atoms with Crippen LogP contribution in [0, 0.1) is 0 Å². The van der Waals surface area contributed by atoms with Crippen LogP contribution in [0.5, 0.6) is 0 Å². The van der Waals surface area contributed by atoms with Gasteiger partial charge in [0, 0.05) is 6.07 Å². The lowest BCUT2D eigenvalue weighted by Gasteiger charge is -2.09. The summed E-state index contributed by atoms with van der Waals surface area (Å²) in [6, 6.07) is 3.39. The minimum absolute atomic E-state index is 0.168. The molecule has 3 aromatic rings. The summed E-state index contributed by atoms with van der Waals surface area (Å²) >= 11 is 2.31. The summed E-state index contributed by atoms with van der Waals surface area (Å²) in [6.45, 7) is 0.168. The summed E-state index contributed by atoms with van der Waals surface area (Å²) in [4.78, 5) is 27.6. The first-order valence-electron chi connectivity index (χ1n) is 5.87. The van der Waals surface area contributed by atoms with E-state index in [-0.39, 0.29) is 17.9 Å². The van der Waals surface area contributed by atoms with Gasteiger partial charge in [-0.05, 0) is 11.4 Å². The Bertz CT molecular complexity index is 838. The van der Waals surface area contributed by atoms with Gasteiger partial charge in [-0.3, -0.25) is 14.2 Å². The average molecular weight is 323 g/mol. The monoisotopic (exact) mass is 323 g/mol. The van der Waals surface area contributed by atoms with E-state index in [9.17, 15) is 9.59 Å². The fraction of sp³-hybridized carbons (Fsp3) is 0.167. The van der Waals surface area contributed by atoms with Crippen LogP contribution in [-0.4, -0.2) is 31.5 Å². The van der Waals surface area contributed by atoms with E-state index in [0.717, 1.165) is 11.8 Å². The lowest BCUT2D eigenvalue weighted by atomic mass is 10.4. The van der Waals surface area contributed by atoms with Crippen LogP contribution in [0.15, 0.2) is 38.2 Å². The predicted octanol–water partition coefficient (Wildman–Crippen LogP) is 1.67. The zero-order valence-electron chi connectivity index (χ0n) is 10.6. The molecule has 3 aromatic heterocycles. The van der Waals surface area contributed by atoms with Gasteiger partial charge in [0.2, 0.25) is 0 Å². The number of hydrogen-bond donors (Lipinski definition) is 1. The Morgan fingerprint density at radius 2 is 2.33 bits per heavy atom. The van der Waals surface area contributed by atoms with Gasteiger partial charge in [-0.2, -0.15) is 0 Å². The Morgan fingerprint density at radius 1 is 1.48 bits per heavy atom. The van der Waals surface area contributed by atoms with Crippen LogP contribution < -0.4 is 5.56 Å². The highest BCUT2D eigenvalue weighted by Gasteiger charge is 2.15. The van der Waals surface area contributed by atoms with Gasteiger partial charge in [0.25, 0.3) is 5.56 Å². The molecule has 0 saturated carbocycles. The number of carbonyl (C=O) groups is 1. The molecule has 7 nitrogen and oxygen atoms in total. The van der Waals surface area contributed by atoms with E-state index < -0.39 is 5.97 Å². The predicted molar refractivity (Wildman–Crippen MR) is 77.8 cm³/mol. The van der Waals surface area contributed by atoms with E-state index in [0.29, 0.717) is 21.1 Å². The van der Waals surface area contributed by atoms with Gasteiger partial charge in [-0.1, -0.05) is 16.9 Å². The summed E-state index contributed by atoms with van der Waals surface area (Å²) < 4.78 is 6.95. The van der Waals surface area contributed by atoms with Crippen LogP contribution in [-0.2, 0) is 11.3 Å². The van der Waals surface area contributed by atoms with Crippen LogP contribution in [0.4, 0.5) is 0 Å². The standard InChI is InChI=1S/C12H9N3O4S2/c16-9(17)6-21-12-14-8-2-4-20-10(8)11(18)15(12)5-7-1-3-13-19-7/h1-4H,5-6H2,(H,16,17). The van der Waals surface area contributed by atoms with Crippen LogP contribution in [0.2, 0.25) is 0 Å². The highest BCUT2D eigenvalue weighted by atomic mass is 32.2. The molecule has 0 fully saturated rings. The Labute approximate surface area is 126 Å². The number of thiophene rings is 1. The van der Waals surface area contributed by atoms with Gasteiger partial charge >= 0.3 is 5.97 Å². The van der Waals surface area contributed by atoms with E-state index in [4.69, 9.17) is 9.63 Å². The van der Waals surface area contributed by atoms with E-state index in [1.807, 2.05) is 0 Å². The number of carboxylic acid groups (broad SMARTS) is 1. The zero-order chi connectivity index (χ0) is 14.8. The lowest BCUT2D eigenvalue weighted by molar-refractivity contribution is -0.133. The Morgan fingerprint density at radius 3 is 3.05 bits per heavy atom. The van der Waals surface area contributed by atoms with Crippen LogP contribution in [0.1, 0.15) is 5.76 Å². The molecule has 0 atom stereocenters. The summed E-state index contributed by atoms with van der Waals surface area (Å²) in [7, 11) is 0. The highest BCUT2D eigenvalue weighted by Crippen LogP contribution is 2.21. The third-order valence-corrected chi connectivity index (χ3v) is 4.51. The van der Waals surface area contributed by atoms with Crippen molar-refractivity contribution in [3.05, 3.63) is 39.8 Å². The number of nitrogens with zero attached hydrogens (tertiary/aromatic N) is 3. The van der Waals surface area contributed by atoms with Crippen molar-refractivity contribution in [1.82, 2.24) is 14.7 Å². The van der Waals surface area contributed by atoms with Gasteiger partial charge in [0.1, 0.15) is 4.70 Å². The van der Waals surface area contributed by atoms with Crippen LogP contribution >= 0.6 is 23.1 Å². The lowest BCUT2D eigenvalue weighted by Crippen LogP contribution is -2.23. The van der Waals surface area contributed by atoms with Gasteiger partial charge in [0.05, 0.1) is 24.0 Å². The van der Waals surface area contributed by atoms with Crippen molar-refractivity contribution in [2.45, 2.75) is 11.7 Å². The fourth-order valence-electron chi connectivity index (χ4n) is 1.78. The minimum atomic E-state index is -0.967. The quantitative estimate of drug-likeness (QED) is 0.563. The maximum absolute atomic E-state index is 12.5. The topological polar surface area (TPSA) is 98.2 Å². The van der Waals surface area contributed by atoms with Gasteiger partial charge in [-0.15, -0.1) is 11.3 Å². The molecule has 3 rings (SSSR count). The second-order valence-corrected chi connectivity index (χ2v) is 5.94. The second kappa shape index (κ2) is 5.70. The Balaban J connectivity index is 2.08. The molecule has 0 bridgehead atoms. The number of carboxylic acids is 1. The van der Waals surface area contributed by atoms with Crippen molar-refractivity contribution in [3.8, 4) is 0 Å². The van der Waals surface area contributed by atoms with Gasteiger partial charge in [-0.25, -0.2) is 4.98 Å². The van der Waals surface area contributed by atoms with Crippen molar-refractivity contribution in [1.29, 1.82) is 0 Å². The largest absolute Gasteiger partial charge is 0.481 e. The van der Waals surface area contributed by atoms with Crippen LogP contribution in [0.3, 0.4) is 0 Å². The van der Waals surface area contributed by atoms with E-state index in [1.165, 1.54) is 22.1 Å². The first kappa shape index (κ1) is 13.8. The van der Waals surface area contributed by atoms with Gasteiger partial charge in [0.15, 0.2) is 10.9 Å². The molecule has 3 heterocycles. The summed E-state index contributed by atoms with van der Waals surface area (Å²) in [5.41, 5.74) is 0.367. The number of aliphatic carboxylic acids is 1. The molecular formula is C12H9N3O4S2. The summed E-state index contributed by atoms with van der Waals surface area (Å²) in [5.74, 6) is -0.628. The molecule has 0 aliphatic heterocycles. The molecule has 0 unspecified atom stereocenters. The van der Waals surface area contributed by atoms with Crippen molar-refractivity contribution in [2.24, 2.45) is 0 Å². The third kappa shape index (κ3) is 2.83. The number of rotatable bonds is 5. The molecular weight excluding hydrogens is 314 g/mol. The molecule has 21 heavy (non-hydrogen) atoms. The Hall–Kier alpha value is -2.13. The smallest absolute Gasteiger partial charge is 0.313 e. The highest BCUT2D eigenvalue weighted by molar-refractivity contribution is 7.99. The molecule has 0 aliphatic rings. The van der Waals surface area contributed by atoms with E-state index >= 15 is 0 Å². The van der Waals surface area contributed by atoms with Crippen molar-refractivity contribution >= 4 is 39.3 Å². The molecule has 0 aliphatic carbocycles.